The number of ketones is 2. The number of fused-ring (bicyclic) bond motifs is 3. The number of pyridine rings is 1. The van der Waals surface area contributed by atoms with Crippen LogP contribution in [-0.2, 0) is 28.0 Å². The molecule has 4 atom stereocenters. The number of nitrogens with two attached hydrogens (primary N) is 1. The van der Waals surface area contributed by atoms with Gasteiger partial charge in [0.1, 0.15) is 22.8 Å². The van der Waals surface area contributed by atoms with E-state index < -0.39 is 63.5 Å². The maximum Gasteiger partial charge on any atom is 0.255 e. The third kappa shape index (κ3) is 4.56. The number of hydrogen-bond donors (Lipinski definition) is 6. The highest BCUT2D eigenvalue weighted by molar-refractivity contribution is 6.24. The summed E-state index contributed by atoms with van der Waals surface area (Å²) < 4.78 is 0. The predicted molar refractivity (Wildman–Crippen MR) is 158 cm³/mol. The van der Waals surface area contributed by atoms with Crippen molar-refractivity contribution in [1.82, 2.24) is 15.2 Å². The number of phenols is 1. The predicted octanol–water partition coefficient (Wildman–Crippen LogP) is 1.74. The number of hydrogen-bond acceptors (Lipinski definition) is 10. The molecule has 2 amide bonds. The van der Waals surface area contributed by atoms with Crippen molar-refractivity contribution < 1.29 is 39.6 Å². The maximum atomic E-state index is 14.2. The Labute approximate surface area is 253 Å². The van der Waals surface area contributed by atoms with Crippen LogP contribution in [0.3, 0.4) is 0 Å². The number of carbonyl (C=O) groups is 4. The summed E-state index contributed by atoms with van der Waals surface area (Å²) in [6, 6.07) is 3.91. The fourth-order valence-corrected chi connectivity index (χ4v) is 6.90. The second-order valence-electron chi connectivity index (χ2n) is 12.9. The molecular weight excluding hydrogens is 568 g/mol. The molecule has 3 aliphatic rings. The summed E-state index contributed by atoms with van der Waals surface area (Å²) in [6.07, 6.45) is 3.06. The van der Waals surface area contributed by atoms with Gasteiger partial charge in [0.15, 0.2) is 11.4 Å². The van der Waals surface area contributed by atoms with Crippen LogP contribution >= 0.6 is 0 Å². The quantitative estimate of drug-likeness (QED) is 0.273. The van der Waals surface area contributed by atoms with E-state index in [9.17, 15) is 39.6 Å². The van der Waals surface area contributed by atoms with Crippen LogP contribution in [-0.4, -0.2) is 79.4 Å². The number of rotatable bonds is 5. The number of amides is 2. The van der Waals surface area contributed by atoms with Crippen LogP contribution < -0.4 is 11.1 Å². The molecule has 0 unspecified atom stereocenters. The molecule has 0 bridgehead atoms. The Hall–Kier alpha value is -4.55. The van der Waals surface area contributed by atoms with Crippen LogP contribution in [0.2, 0.25) is 0 Å². The minimum Gasteiger partial charge on any atom is -0.510 e. The first-order valence-corrected chi connectivity index (χ1v) is 14.2. The molecule has 12 nitrogen and oxygen atoms in total. The Morgan fingerprint density at radius 2 is 1.86 bits per heavy atom. The summed E-state index contributed by atoms with van der Waals surface area (Å²) in [4.78, 5) is 58.3. The SMILES string of the molecule is CN(C)[C@H]1C(O)=C(C(N)=O)C(=O)[C@]2(O)C(O)=C3C(=O)c4c(O)c(C(C)(C)C)cc(CNC(=O)c5cccnc5)c4C[C@H]3C[C@H]12. The first kappa shape index (κ1) is 30.9. The van der Waals surface area contributed by atoms with Crippen molar-refractivity contribution >= 4 is 23.4 Å². The number of primary amides is 1. The number of aliphatic hydroxyl groups excluding tert-OH is 2. The number of aromatic hydroxyl groups is 1. The van der Waals surface area contributed by atoms with E-state index in [0.717, 1.165) is 0 Å². The number of aliphatic hydroxyl groups is 3. The van der Waals surface area contributed by atoms with Crippen molar-refractivity contribution in [3.05, 3.63) is 81.1 Å². The third-order valence-electron chi connectivity index (χ3n) is 8.99. The fourth-order valence-electron chi connectivity index (χ4n) is 6.90. The second kappa shape index (κ2) is 10.6. The molecule has 0 aliphatic heterocycles. The summed E-state index contributed by atoms with van der Waals surface area (Å²) in [6.45, 7) is 5.56. The number of nitrogens with zero attached hydrogens (tertiary/aromatic N) is 2. The molecule has 7 N–H and O–H groups in total. The molecule has 44 heavy (non-hydrogen) atoms. The second-order valence-corrected chi connectivity index (χ2v) is 12.9. The van der Waals surface area contributed by atoms with Crippen LogP contribution in [0.25, 0.3) is 0 Å². The highest BCUT2D eigenvalue weighted by atomic mass is 16.3. The average molecular weight is 605 g/mol. The van der Waals surface area contributed by atoms with Gasteiger partial charge >= 0.3 is 0 Å². The fraction of sp³-hybridized carbons (Fsp3) is 0.406. The van der Waals surface area contributed by atoms with Gasteiger partial charge in [-0.3, -0.25) is 29.1 Å². The van der Waals surface area contributed by atoms with Gasteiger partial charge in [0.25, 0.3) is 11.8 Å². The van der Waals surface area contributed by atoms with Gasteiger partial charge in [-0.1, -0.05) is 20.8 Å². The molecule has 0 spiro atoms. The Bertz CT molecular complexity index is 1670. The molecule has 0 saturated heterocycles. The molecule has 3 aliphatic carbocycles. The van der Waals surface area contributed by atoms with Gasteiger partial charge < -0.3 is 31.5 Å². The van der Waals surface area contributed by atoms with Crippen LogP contribution in [0, 0.1) is 11.8 Å². The number of carbonyl (C=O) groups excluding carboxylic acids is 4. The summed E-state index contributed by atoms with van der Waals surface area (Å²) in [5.74, 6) is -7.46. The Balaban J connectivity index is 1.67. The number of allylic oxidation sites excluding steroid dienone is 1. The number of aromatic nitrogens is 1. The minimum atomic E-state index is -2.72. The van der Waals surface area contributed by atoms with Gasteiger partial charge in [-0.15, -0.1) is 0 Å². The first-order valence-electron chi connectivity index (χ1n) is 14.2. The smallest absolute Gasteiger partial charge is 0.255 e. The number of likely N-dealkylation sites (N-methyl/N-ethyl adjacent to an activating group) is 1. The molecule has 1 heterocycles. The van der Waals surface area contributed by atoms with E-state index in [4.69, 9.17) is 5.73 Å². The number of phenolic OH excluding ortho intramolecular Hbond substituents is 1. The highest BCUT2D eigenvalue weighted by Gasteiger charge is 2.63. The molecule has 1 aromatic heterocycles. The zero-order valence-corrected chi connectivity index (χ0v) is 25.1. The summed E-state index contributed by atoms with van der Waals surface area (Å²) >= 11 is 0. The van der Waals surface area contributed by atoms with Gasteiger partial charge in [-0.25, -0.2) is 0 Å². The normalized spacial score (nSPS) is 25.0. The number of benzene rings is 1. The summed E-state index contributed by atoms with van der Waals surface area (Å²) in [7, 11) is 3.14. The third-order valence-corrected chi connectivity index (χ3v) is 8.99. The maximum absolute atomic E-state index is 14.2. The molecule has 1 aromatic carbocycles. The lowest BCUT2D eigenvalue weighted by Crippen LogP contribution is -2.63. The Kier molecular flexibility index (Phi) is 7.42. The lowest BCUT2D eigenvalue weighted by molar-refractivity contribution is -0.148. The first-order chi connectivity index (χ1) is 20.5. The van der Waals surface area contributed by atoms with E-state index in [1.165, 1.54) is 11.1 Å². The van der Waals surface area contributed by atoms with Crippen molar-refractivity contribution in [2.24, 2.45) is 17.6 Å². The largest absolute Gasteiger partial charge is 0.510 e. The van der Waals surface area contributed by atoms with E-state index >= 15 is 0 Å². The topological polar surface area (TPSA) is 203 Å². The average Bonchev–Trinajstić information content (AvgIpc) is 2.93. The van der Waals surface area contributed by atoms with Crippen molar-refractivity contribution in [2.45, 2.75) is 57.2 Å². The zero-order chi connectivity index (χ0) is 32.5. The lowest BCUT2D eigenvalue weighted by Gasteiger charge is -2.50. The van der Waals surface area contributed by atoms with Crippen molar-refractivity contribution in [3.63, 3.8) is 0 Å². The Morgan fingerprint density at radius 3 is 2.43 bits per heavy atom. The van der Waals surface area contributed by atoms with E-state index in [0.29, 0.717) is 22.3 Å². The molecule has 0 fully saturated rings. The van der Waals surface area contributed by atoms with Crippen molar-refractivity contribution in [1.29, 1.82) is 0 Å². The summed E-state index contributed by atoms with van der Waals surface area (Å²) in [5, 5.41) is 48.7. The van der Waals surface area contributed by atoms with Crippen LogP contribution in [0.5, 0.6) is 5.75 Å². The minimum absolute atomic E-state index is 0.0160. The van der Waals surface area contributed by atoms with Crippen LogP contribution in [0.4, 0.5) is 0 Å². The zero-order valence-electron chi connectivity index (χ0n) is 25.1. The van der Waals surface area contributed by atoms with E-state index in [1.54, 1.807) is 38.5 Å². The van der Waals surface area contributed by atoms with Gasteiger partial charge in [0.05, 0.1) is 17.2 Å². The van der Waals surface area contributed by atoms with Gasteiger partial charge in [-0.2, -0.15) is 0 Å². The van der Waals surface area contributed by atoms with Crippen LogP contribution in [0.1, 0.15) is 64.6 Å². The number of Topliss-reactive ketones (excluding diaryl/α,β-unsaturated/α-hetero) is 2. The van der Waals surface area contributed by atoms with E-state index in [2.05, 4.69) is 10.3 Å². The van der Waals surface area contributed by atoms with E-state index in [-0.39, 0.29) is 42.2 Å². The van der Waals surface area contributed by atoms with Crippen molar-refractivity contribution in [2.75, 3.05) is 14.1 Å². The molecule has 232 valence electrons. The lowest BCUT2D eigenvalue weighted by atomic mass is 9.58. The van der Waals surface area contributed by atoms with Crippen molar-refractivity contribution in [3.8, 4) is 5.75 Å². The molecule has 0 radical (unpaired) electrons. The highest BCUT2D eigenvalue weighted by Crippen LogP contribution is 2.53. The molecule has 2 aromatic rings. The number of nitrogens with one attached hydrogen (secondary N) is 1. The van der Waals surface area contributed by atoms with Gasteiger partial charge in [-0.05, 0) is 67.6 Å². The molecular formula is C32H36N4O8. The molecule has 5 rings (SSSR count). The van der Waals surface area contributed by atoms with E-state index in [1.807, 2.05) is 20.8 Å². The standard InChI is InChI=1S/C32H36N4O8/c1-31(2,3)19-11-16(13-35-30(43)14-7-6-8-34-12-14)17-9-15-10-18-23(36(4)5)26(39)22(29(33)42)28(41)32(18,44)27(40)20(15)25(38)21(17)24(19)37/h6-8,11-12,15,18,23,37,39-40,44H,9-10,13H2,1-5H3,(H2,33,42)(H,35,43)/t15-,18+,23+,32+/m0/s1. The Morgan fingerprint density at radius 1 is 1.18 bits per heavy atom. The monoisotopic (exact) mass is 604 g/mol. The van der Waals surface area contributed by atoms with Crippen LogP contribution in [0.15, 0.2) is 53.3 Å². The molecule has 0 saturated carbocycles. The van der Waals surface area contributed by atoms with Gasteiger partial charge in [0.2, 0.25) is 5.78 Å². The van der Waals surface area contributed by atoms with Gasteiger partial charge in [0, 0.05) is 36.0 Å². The molecule has 12 heteroatoms. The summed E-state index contributed by atoms with van der Waals surface area (Å²) in [5.41, 5.74) is 2.65.